The van der Waals surface area contributed by atoms with E-state index in [1.807, 2.05) is 37.3 Å². The van der Waals surface area contributed by atoms with Gasteiger partial charge in [0, 0.05) is 43.4 Å². The minimum Gasteiger partial charge on any atom is -0.459 e. The molecule has 0 radical (unpaired) electrons. The smallest absolute Gasteiger partial charge is 0.338 e. The standard InChI is InChI=1S/C26H25N3O4/c1-16-10-19-11-17(2-4-21(19)26(31)33-16)6-7-28-8-9-29-13-23(27-24(29)14-28)18-3-5-22-20(12-18)15-32-25(22)30/h2-5,11-13,16H,6-10,14-15H2,1H3. The quantitative estimate of drug-likeness (QED) is 0.576. The lowest BCUT2D eigenvalue weighted by Crippen LogP contribution is -2.35. The number of ether oxygens (including phenoxy) is 2. The van der Waals surface area contributed by atoms with E-state index in [4.69, 9.17) is 14.5 Å². The zero-order chi connectivity index (χ0) is 22.5. The van der Waals surface area contributed by atoms with Gasteiger partial charge in [-0.3, -0.25) is 4.90 Å². The molecule has 0 fully saturated rings. The topological polar surface area (TPSA) is 73.7 Å². The highest BCUT2D eigenvalue weighted by Gasteiger charge is 2.25. The van der Waals surface area contributed by atoms with Crippen molar-refractivity contribution < 1.29 is 19.1 Å². The van der Waals surface area contributed by atoms with Crippen molar-refractivity contribution in [3.8, 4) is 11.3 Å². The zero-order valence-electron chi connectivity index (χ0n) is 18.5. The van der Waals surface area contributed by atoms with Gasteiger partial charge in [0.25, 0.3) is 0 Å². The molecular weight excluding hydrogens is 418 g/mol. The minimum absolute atomic E-state index is 0.0610. The third-order valence-electron chi connectivity index (χ3n) is 6.78. The van der Waals surface area contributed by atoms with Gasteiger partial charge in [0.2, 0.25) is 0 Å². The van der Waals surface area contributed by atoms with Gasteiger partial charge in [-0.1, -0.05) is 18.2 Å². The third kappa shape index (κ3) is 3.72. The summed E-state index contributed by atoms with van der Waals surface area (Å²) in [6.07, 6.45) is 3.76. The number of hydrogen-bond acceptors (Lipinski definition) is 6. The first-order valence-electron chi connectivity index (χ1n) is 11.4. The molecule has 0 bridgehead atoms. The minimum atomic E-state index is -0.246. The Balaban J connectivity index is 1.13. The van der Waals surface area contributed by atoms with Crippen LogP contribution >= 0.6 is 0 Å². The Morgan fingerprint density at radius 3 is 2.79 bits per heavy atom. The van der Waals surface area contributed by atoms with Crippen LogP contribution in [0.3, 0.4) is 0 Å². The SMILES string of the molecule is CC1Cc2cc(CCN3CCn4cc(-c5ccc6c(c5)COC6=O)nc4C3)ccc2C(=O)O1. The van der Waals surface area contributed by atoms with Gasteiger partial charge in [-0.05, 0) is 42.7 Å². The lowest BCUT2D eigenvalue weighted by Gasteiger charge is -2.27. The first-order chi connectivity index (χ1) is 16.0. The molecule has 3 aliphatic rings. The summed E-state index contributed by atoms with van der Waals surface area (Å²) in [5.41, 5.74) is 6.58. The van der Waals surface area contributed by atoms with Gasteiger partial charge >= 0.3 is 11.9 Å². The number of rotatable bonds is 4. The van der Waals surface area contributed by atoms with E-state index in [9.17, 15) is 9.59 Å². The monoisotopic (exact) mass is 443 g/mol. The van der Waals surface area contributed by atoms with E-state index in [0.717, 1.165) is 67.2 Å². The van der Waals surface area contributed by atoms with Crippen LogP contribution in [0.15, 0.2) is 42.6 Å². The van der Waals surface area contributed by atoms with Gasteiger partial charge in [0.05, 0.1) is 23.4 Å². The van der Waals surface area contributed by atoms with Gasteiger partial charge < -0.3 is 14.0 Å². The summed E-state index contributed by atoms with van der Waals surface area (Å²) >= 11 is 0. The van der Waals surface area contributed by atoms with Gasteiger partial charge in [0.15, 0.2) is 0 Å². The van der Waals surface area contributed by atoms with E-state index in [2.05, 4.69) is 21.7 Å². The molecule has 0 aliphatic carbocycles. The Morgan fingerprint density at radius 1 is 1.03 bits per heavy atom. The summed E-state index contributed by atoms with van der Waals surface area (Å²) in [6.45, 7) is 5.91. The summed E-state index contributed by atoms with van der Waals surface area (Å²) in [6, 6.07) is 11.9. The molecular formula is C26H25N3O4. The average molecular weight is 444 g/mol. The van der Waals surface area contributed by atoms with Crippen molar-refractivity contribution in [3.05, 3.63) is 76.2 Å². The molecule has 2 aromatic carbocycles. The molecule has 1 atom stereocenters. The van der Waals surface area contributed by atoms with Crippen molar-refractivity contribution in [1.82, 2.24) is 14.5 Å². The van der Waals surface area contributed by atoms with Crippen LogP contribution in [-0.2, 0) is 42.0 Å². The Morgan fingerprint density at radius 2 is 1.88 bits per heavy atom. The normalized spacial score (nSPS) is 19.5. The predicted octanol–water partition coefficient (Wildman–Crippen LogP) is 3.38. The molecule has 0 saturated carbocycles. The van der Waals surface area contributed by atoms with Crippen molar-refractivity contribution in [2.75, 3.05) is 13.1 Å². The van der Waals surface area contributed by atoms with E-state index in [0.29, 0.717) is 17.7 Å². The molecule has 1 aromatic heterocycles. The Kier molecular flexibility index (Phi) is 4.80. The molecule has 0 saturated heterocycles. The van der Waals surface area contributed by atoms with Crippen molar-refractivity contribution >= 4 is 11.9 Å². The van der Waals surface area contributed by atoms with Gasteiger partial charge in [0.1, 0.15) is 18.5 Å². The van der Waals surface area contributed by atoms with E-state index < -0.39 is 0 Å². The first-order valence-corrected chi connectivity index (χ1v) is 11.4. The molecule has 4 heterocycles. The summed E-state index contributed by atoms with van der Waals surface area (Å²) in [4.78, 5) is 31.1. The average Bonchev–Trinajstić information content (AvgIpc) is 3.40. The highest BCUT2D eigenvalue weighted by atomic mass is 16.5. The van der Waals surface area contributed by atoms with E-state index in [-0.39, 0.29) is 18.0 Å². The summed E-state index contributed by atoms with van der Waals surface area (Å²) in [7, 11) is 0. The molecule has 168 valence electrons. The number of fused-ring (bicyclic) bond motifs is 3. The fourth-order valence-electron chi connectivity index (χ4n) is 4.98. The van der Waals surface area contributed by atoms with Crippen LogP contribution in [0.1, 0.15) is 50.2 Å². The maximum Gasteiger partial charge on any atom is 0.338 e. The summed E-state index contributed by atoms with van der Waals surface area (Å²) < 4.78 is 12.7. The van der Waals surface area contributed by atoms with Crippen molar-refractivity contribution in [1.29, 1.82) is 0 Å². The number of aromatic nitrogens is 2. The second-order valence-electron chi connectivity index (χ2n) is 9.12. The van der Waals surface area contributed by atoms with Gasteiger partial charge in [-0.25, -0.2) is 14.6 Å². The van der Waals surface area contributed by atoms with Crippen LogP contribution < -0.4 is 0 Å². The molecule has 7 nitrogen and oxygen atoms in total. The van der Waals surface area contributed by atoms with Crippen LogP contribution in [0, 0.1) is 0 Å². The molecule has 3 aromatic rings. The fourth-order valence-corrected chi connectivity index (χ4v) is 4.98. The number of imidazole rings is 1. The molecule has 0 amide bonds. The first kappa shape index (κ1) is 20.2. The zero-order valence-corrected chi connectivity index (χ0v) is 18.5. The van der Waals surface area contributed by atoms with Gasteiger partial charge in [-0.2, -0.15) is 0 Å². The highest BCUT2D eigenvalue weighted by molar-refractivity contribution is 5.94. The molecule has 1 unspecified atom stereocenters. The fraction of sp³-hybridized carbons (Fsp3) is 0.346. The lowest BCUT2D eigenvalue weighted by molar-refractivity contribution is 0.0301. The highest BCUT2D eigenvalue weighted by Crippen LogP contribution is 2.28. The van der Waals surface area contributed by atoms with Gasteiger partial charge in [-0.15, -0.1) is 0 Å². The van der Waals surface area contributed by atoms with Crippen molar-refractivity contribution in [2.24, 2.45) is 0 Å². The third-order valence-corrected chi connectivity index (χ3v) is 6.78. The van der Waals surface area contributed by atoms with Crippen LogP contribution in [0.4, 0.5) is 0 Å². The Hall–Kier alpha value is -3.45. The molecule has 33 heavy (non-hydrogen) atoms. The molecule has 7 heteroatoms. The van der Waals surface area contributed by atoms with E-state index in [1.165, 1.54) is 5.56 Å². The van der Waals surface area contributed by atoms with Crippen LogP contribution in [0.2, 0.25) is 0 Å². The Labute approximate surface area is 191 Å². The van der Waals surface area contributed by atoms with Crippen LogP contribution in [0.25, 0.3) is 11.3 Å². The number of esters is 2. The summed E-state index contributed by atoms with van der Waals surface area (Å²) in [5.74, 6) is 0.604. The number of carbonyl (C=O) groups excluding carboxylic acids is 2. The number of benzene rings is 2. The Bertz CT molecular complexity index is 1280. The maximum absolute atomic E-state index is 12.0. The van der Waals surface area contributed by atoms with E-state index >= 15 is 0 Å². The van der Waals surface area contributed by atoms with E-state index in [1.54, 1.807) is 0 Å². The number of carbonyl (C=O) groups is 2. The maximum atomic E-state index is 12.0. The van der Waals surface area contributed by atoms with Crippen LogP contribution in [0.5, 0.6) is 0 Å². The second-order valence-corrected chi connectivity index (χ2v) is 9.12. The summed E-state index contributed by atoms with van der Waals surface area (Å²) in [5, 5.41) is 0. The molecule has 3 aliphatic heterocycles. The lowest BCUT2D eigenvalue weighted by atomic mass is 9.96. The van der Waals surface area contributed by atoms with Crippen molar-refractivity contribution in [3.63, 3.8) is 0 Å². The van der Waals surface area contributed by atoms with Crippen molar-refractivity contribution in [2.45, 2.75) is 45.6 Å². The number of nitrogens with zero attached hydrogens (tertiary/aromatic N) is 3. The number of cyclic esters (lactones) is 2. The molecule has 0 N–H and O–H groups in total. The molecule has 0 spiro atoms. The largest absolute Gasteiger partial charge is 0.459 e. The van der Waals surface area contributed by atoms with Crippen LogP contribution in [-0.4, -0.2) is 45.6 Å². The molecule has 6 rings (SSSR count). The predicted molar refractivity (Wildman–Crippen MR) is 121 cm³/mol. The second kappa shape index (κ2) is 7.85. The number of hydrogen-bond donors (Lipinski definition) is 0.